The normalized spacial score (nSPS) is 17.0. The number of carbonyl (C=O) groups is 1. The first-order chi connectivity index (χ1) is 13.0. The molecule has 1 amide bonds. The largest absolute Gasteiger partial charge is 0.376 e. The van der Waals surface area contributed by atoms with Crippen LogP contribution in [0.15, 0.2) is 47.5 Å². The summed E-state index contributed by atoms with van der Waals surface area (Å²) in [6, 6.07) is 13.0. The van der Waals surface area contributed by atoms with E-state index in [1.165, 1.54) is 0 Å². The number of guanidine groups is 1. The summed E-state index contributed by atoms with van der Waals surface area (Å²) in [5.41, 5.74) is 3.38. The number of ether oxygens (including phenoxy) is 1. The Kier molecular flexibility index (Phi) is 6.48. The van der Waals surface area contributed by atoms with Crippen LogP contribution in [0.2, 0.25) is 5.02 Å². The highest BCUT2D eigenvalue weighted by molar-refractivity contribution is 6.31. The number of anilines is 1. The second-order valence-electron chi connectivity index (χ2n) is 6.68. The highest BCUT2D eigenvalue weighted by atomic mass is 35.5. The zero-order valence-electron chi connectivity index (χ0n) is 15.6. The highest BCUT2D eigenvalue weighted by Crippen LogP contribution is 2.23. The van der Waals surface area contributed by atoms with E-state index < -0.39 is 0 Å². The molecule has 0 unspecified atom stereocenters. The first kappa shape index (κ1) is 19.4. The minimum atomic E-state index is -0.215. The maximum Gasteiger partial charge on any atom is 0.257 e. The maximum atomic E-state index is 12.6. The summed E-state index contributed by atoms with van der Waals surface area (Å²) < 4.78 is 5.63. The van der Waals surface area contributed by atoms with Gasteiger partial charge in [-0.1, -0.05) is 35.4 Å². The van der Waals surface area contributed by atoms with Gasteiger partial charge in [0.2, 0.25) is 5.96 Å². The van der Waals surface area contributed by atoms with Gasteiger partial charge in [-0.05, 0) is 56.5 Å². The van der Waals surface area contributed by atoms with Crippen molar-refractivity contribution in [3.8, 4) is 0 Å². The second-order valence-corrected chi connectivity index (χ2v) is 7.09. The molecular formula is C21H24ClN3O2. The Labute approximate surface area is 164 Å². The number of aryl methyl sites for hydroxylation is 1. The Hall–Kier alpha value is -2.37. The Balaban J connectivity index is 1.78. The molecule has 1 aliphatic rings. The average Bonchev–Trinajstić information content (AvgIpc) is 3.17. The quantitative estimate of drug-likeness (QED) is 0.608. The summed E-state index contributed by atoms with van der Waals surface area (Å²) >= 11 is 6.21. The number of hydrogen-bond donors (Lipinski definition) is 2. The summed E-state index contributed by atoms with van der Waals surface area (Å²) in [4.78, 5) is 17.2. The molecule has 0 spiro atoms. The van der Waals surface area contributed by atoms with Gasteiger partial charge in [0, 0.05) is 22.9 Å². The molecule has 3 rings (SSSR count). The summed E-state index contributed by atoms with van der Waals surface area (Å²) in [6.45, 7) is 5.17. The Morgan fingerprint density at radius 3 is 2.70 bits per heavy atom. The molecule has 2 aromatic carbocycles. The van der Waals surface area contributed by atoms with Gasteiger partial charge in [0.15, 0.2) is 0 Å². The van der Waals surface area contributed by atoms with E-state index in [1.54, 1.807) is 12.1 Å². The van der Waals surface area contributed by atoms with Crippen molar-refractivity contribution in [3.63, 3.8) is 0 Å². The molecule has 5 nitrogen and oxygen atoms in total. The molecule has 1 fully saturated rings. The van der Waals surface area contributed by atoms with Crippen LogP contribution < -0.4 is 10.6 Å². The topological polar surface area (TPSA) is 62.7 Å². The number of hydrogen-bond acceptors (Lipinski definition) is 3. The fourth-order valence-corrected chi connectivity index (χ4v) is 3.02. The van der Waals surface area contributed by atoms with Gasteiger partial charge in [0.1, 0.15) is 0 Å². The number of carbonyl (C=O) groups excluding carboxylic acids is 1. The van der Waals surface area contributed by atoms with Gasteiger partial charge >= 0.3 is 0 Å². The molecule has 1 atom stereocenters. The smallest absolute Gasteiger partial charge is 0.257 e. The lowest BCUT2D eigenvalue weighted by molar-refractivity contribution is 0.0975. The van der Waals surface area contributed by atoms with Crippen LogP contribution in [0.1, 0.15) is 34.3 Å². The number of nitrogens with one attached hydrogen (secondary N) is 2. The number of rotatable bonds is 4. The number of aliphatic imine (C=N–C) groups is 1. The minimum absolute atomic E-state index is 0.0959. The number of halogens is 1. The van der Waals surface area contributed by atoms with Gasteiger partial charge in [-0.25, -0.2) is 4.99 Å². The monoisotopic (exact) mass is 385 g/mol. The van der Waals surface area contributed by atoms with Gasteiger partial charge in [0.25, 0.3) is 5.91 Å². The zero-order chi connectivity index (χ0) is 19.2. The van der Waals surface area contributed by atoms with Crippen molar-refractivity contribution in [1.29, 1.82) is 0 Å². The number of amides is 1. The van der Waals surface area contributed by atoms with Crippen LogP contribution in [-0.2, 0) is 4.74 Å². The average molecular weight is 386 g/mol. The molecule has 2 aromatic rings. The van der Waals surface area contributed by atoms with Crippen LogP contribution in [0.3, 0.4) is 0 Å². The third-order valence-corrected chi connectivity index (χ3v) is 4.95. The van der Waals surface area contributed by atoms with E-state index in [2.05, 4.69) is 15.6 Å². The molecule has 0 bridgehead atoms. The van der Waals surface area contributed by atoms with Gasteiger partial charge in [-0.15, -0.1) is 0 Å². The molecule has 0 saturated carbocycles. The fourth-order valence-electron chi connectivity index (χ4n) is 2.85. The van der Waals surface area contributed by atoms with Crippen molar-refractivity contribution in [1.82, 2.24) is 5.32 Å². The maximum absolute atomic E-state index is 12.6. The molecule has 1 saturated heterocycles. The van der Waals surface area contributed by atoms with E-state index >= 15 is 0 Å². The first-order valence-corrected chi connectivity index (χ1v) is 9.47. The molecule has 1 heterocycles. The van der Waals surface area contributed by atoms with Crippen LogP contribution in [0.4, 0.5) is 5.69 Å². The van der Waals surface area contributed by atoms with Crippen LogP contribution in [-0.4, -0.2) is 31.1 Å². The van der Waals surface area contributed by atoms with E-state index in [1.807, 2.05) is 44.2 Å². The Bertz CT molecular complexity index is 828. The van der Waals surface area contributed by atoms with Gasteiger partial charge in [-0.2, -0.15) is 0 Å². The lowest BCUT2D eigenvalue weighted by atomic mass is 10.1. The zero-order valence-corrected chi connectivity index (χ0v) is 16.3. The summed E-state index contributed by atoms with van der Waals surface area (Å²) in [5.74, 6) is 0.176. The van der Waals surface area contributed by atoms with Crippen molar-refractivity contribution in [3.05, 3.63) is 64.2 Å². The van der Waals surface area contributed by atoms with Crippen molar-refractivity contribution in [2.24, 2.45) is 4.99 Å². The fraction of sp³-hybridized carbons (Fsp3) is 0.333. The van der Waals surface area contributed by atoms with Gasteiger partial charge in [-0.3, -0.25) is 10.1 Å². The molecule has 1 aliphatic heterocycles. The lowest BCUT2D eigenvalue weighted by Gasteiger charge is -2.15. The SMILES string of the molecule is Cc1ccc(C(=O)NC(=NC[C@H]2CCCO2)Nc2cccc(Cl)c2C)cc1. The predicted octanol–water partition coefficient (Wildman–Crippen LogP) is 4.33. The summed E-state index contributed by atoms with van der Waals surface area (Å²) in [6.07, 6.45) is 2.13. The van der Waals surface area contributed by atoms with Gasteiger partial charge in [0.05, 0.1) is 12.6 Å². The van der Waals surface area contributed by atoms with Crippen molar-refractivity contribution >= 4 is 29.2 Å². The molecule has 27 heavy (non-hydrogen) atoms. The third kappa shape index (κ3) is 5.31. The Morgan fingerprint density at radius 1 is 1.22 bits per heavy atom. The first-order valence-electron chi connectivity index (χ1n) is 9.09. The molecule has 2 N–H and O–H groups in total. The summed E-state index contributed by atoms with van der Waals surface area (Å²) in [5, 5.41) is 6.73. The van der Waals surface area contributed by atoms with Gasteiger partial charge < -0.3 is 10.1 Å². The number of nitrogens with zero attached hydrogens (tertiary/aromatic N) is 1. The summed E-state index contributed by atoms with van der Waals surface area (Å²) in [7, 11) is 0. The van der Waals surface area contributed by atoms with Crippen LogP contribution >= 0.6 is 11.6 Å². The standard InChI is InChI=1S/C21H24ClN3O2/c1-14-8-10-16(11-9-14)20(26)25-21(23-13-17-5-4-12-27-17)24-19-7-3-6-18(22)15(19)2/h3,6-11,17H,4-5,12-13H2,1-2H3,(H2,23,24,25,26)/t17-/m1/s1. The second kappa shape index (κ2) is 9.02. The van der Waals surface area contributed by atoms with Crippen LogP contribution in [0.5, 0.6) is 0 Å². The van der Waals surface area contributed by atoms with Crippen LogP contribution in [0, 0.1) is 13.8 Å². The Morgan fingerprint density at radius 2 is 2.00 bits per heavy atom. The van der Waals surface area contributed by atoms with E-state index in [-0.39, 0.29) is 12.0 Å². The van der Waals surface area contributed by atoms with E-state index in [0.717, 1.165) is 36.3 Å². The molecule has 0 aromatic heterocycles. The van der Waals surface area contributed by atoms with E-state index in [0.29, 0.717) is 23.1 Å². The molecule has 0 radical (unpaired) electrons. The highest BCUT2D eigenvalue weighted by Gasteiger charge is 2.16. The third-order valence-electron chi connectivity index (χ3n) is 4.54. The van der Waals surface area contributed by atoms with Crippen molar-refractivity contribution in [2.75, 3.05) is 18.5 Å². The molecular weight excluding hydrogens is 362 g/mol. The predicted molar refractivity (Wildman–Crippen MR) is 110 cm³/mol. The van der Waals surface area contributed by atoms with E-state index in [4.69, 9.17) is 16.3 Å². The molecule has 6 heteroatoms. The van der Waals surface area contributed by atoms with Crippen molar-refractivity contribution < 1.29 is 9.53 Å². The molecule has 0 aliphatic carbocycles. The number of benzene rings is 2. The van der Waals surface area contributed by atoms with E-state index in [9.17, 15) is 4.79 Å². The molecule has 142 valence electrons. The van der Waals surface area contributed by atoms with Crippen LogP contribution in [0.25, 0.3) is 0 Å². The lowest BCUT2D eigenvalue weighted by Crippen LogP contribution is -2.37. The van der Waals surface area contributed by atoms with Crippen molar-refractivity contribution in [2.45, 2.75) is 32.8 Å². The minimum Gasteiger partial charge on any atom is -0.376 e.